The van der Waals surface area contributed by atoms with Gasteiger partial charge in [-0.3, -0.25) is 19.8 Å². The molecule has 7 nitrogen and oxygen atoms in total. The van der Waals surface area contributed by atoms with Crippen molar-refractivity contribution in [2.75, 3.05) is 14.2 Å². The van der Waals surface area contributed by atoms with E-state index in [9.17, 15) is 4.79 Å². The molecule has 0 fully saturated rings. The second-order valence-electron chi connectivity index (χ2n) is 7.51. The third-order valence-electron chi connectivity index (χ3n) is 5.21. The predicted molar refractivity (Wildman–Crippen MR) is 132 cm³/mol. The molecule has 0 saturated carbocycles. The Balaban J connectivity index is 1.95. The van der Waals surface area contributed by atoms with E-state index < -0.39 is 0 Å². The summed E-state index contributed by atoms with van der Waals surface area (Å²) in [5.41, 5.74) is 12.2. The third-order valence-corrected chi connectivity index (χ3v) is 5.21. The lowest BCUT2D eigenvalue weighted by Gasteiger charge is -2.14. The number of nitrogens with two attached hydrogens (primary N) is 1. The molecule has 3 aromatic rings. The van der Waals surface area contributed by atoms with Crippen molar-refractivity contribution < 1.29 is 9.53 Å². The summed E-state index contributed by atoms with van der Waals surface area (Å²) in [6.45, 7) is 4.29. The SMILES string of the molecule is CCc1nc(CNC(=O)c2cc(-c3cncc(C)c3)ccc2C(C=NC)=CN)ccc1OC. The summed E-state index contributed by atoms with van der Waals surface area (Å²) in [4.78, 5) is 26.2. The van der Waals surface area contributed by atoms with Crippen molar-refractivity contribution in [3.05, 3.63) is 83.1 Å². The van der Waals surface area contributed by atoms with Crippen LogP contribution >= 0.6 is 0 Å². The number of ether oxygens (including phenoxy) is 1. The maximum absolute atomic E-state index is 13.3. The quantitative estimate of drug-likeness (QED) is 0.513. The Hall–Kier alpha value is -4.00. The molecule has 1 aromatic carbocycles. The molecular formula is C26H29N5O2. The van der Waals surface area contributed by atoms with Crippen LogP contribution in [-0.4, -0.2) is 36.2 Å². The number of allylic oxidation sites excluding steroid dienone is 1. The number of carbonyl (C=O) groups excluding carboxylic acids is 1. The molecule has 0 aliphatic rings. The summed E-state index contributed by atoms with van der Waals surface area (Å²) in [6, 6.07) is 11.4. The van der Waals surface area contributed by atoms with Crippen LogP contribution in [0.15, 0.2) is 60.0 Å². The number of hydrogen-bond acceptors (Lipinski definition) is 6. The number of benzene rings is 1. The fourth-order valence-corrected chi connectivity index (χ4v) is 3.56. The van der Waals surface area contributed by atoms with Gasteiger partial charge in [0.2, 0.25) is 0 Å². The van der Waals surface area contributed by atoms with Crippen molar-refractivity contribution in [3.63, 3.8) is 0 Å². The number of aromatic nitrogens is 2. The number of carbonyl (C=O) groups is 1. The van der Waals surface area contributed by atoms with E-state index in [4.69, 9.17) is 10.5 Å². The van der Waals surface area contributed by atoms with Crippen LogP contribution in [0, 0.1) is 6.92 Å². The summed E-state index contributed by atoms with van der Waals surface area (Å²) in [6.07, 6.45) is 7.40. The highest BCUT2D eigenvalue weighted by atomic mass is 16.5. The number of methoxy groups -OCH3 is 1. The molecule has 0 saturated heterocycles. The monoisotopic (exact) mass is 443 g/mol. The number of aliphatic imine (C=N–C) groups is 1. The van der Waals surface area contributed by atoms with Gasteiger partial charge in [0.15, 0.2) is 0 Å². The maximum atomic E-state index is 13.3. The van der Waals surface area contributed by atoms with E-state index in [1.54, 1.807) is 32.8 Å². The van der Waals surface area contributed by atoms with E-state index in [-0.39, 0.29) is 12.5 Å². The topological polar surface area (TPSA) is 102 Å². The minimum atomic E-state index is -0.230. The van der Waals surface area contributed by atoms with E-state index >= 15 is 0 Å². The first-order chi connectivity index (χ1) is 16.0. The summed E-state index contributed by atoms with van der Waals surface area (Å²) in [5.74, 6) is 0.512. The van der Waals surface area contributed by atoms with Crippen molar-refractivity contribution in [2.24, 2.45) is 10.7 Å². The van der Waals surface area contributed by atoms with Crippen molar-refractivity contribution >= 4 is 17.7 Å². The standard InChI is InChI=1S/C26H29N5O2/c1-5-24-25(33-4)9-7-21(31-24)16-30-26(32)23-11-18(19-10-17(2)13-29-15-19)6-8-22(23)20(12-27)14-28-3/h6-15H,5,16,27H2,1-4H3,(H,30,32). The fourth-order valence-electron chi connectivity index (χ4n) is 3.56. The average molecular weight is 444 g/mol. The van der Waals surface area contributed by atoms with E-state index in [0.717, 1.165) is 40.2 Å². The average Bonchev–Trinajstić information content (AvgIpc) is 2.85. The second-order valence-corrected chi connectivity index (χ2v) is 7.51. The van der Waals surface area contributed by atoms with Crippen molar-refractivity contribution in [3.8, 4) is 16.9 Å². The molecule has 2 aromatic heterocycles. The van der Waals surface area contributed by atoms with Crippen LogP contribution < -0.4 is 15.8 Å². The van der Waals surface area contributed by atoms with Gasteiger partial charge in [-0.1, -0.05) is 19.1 Å². The minimum Gasteiger partial charge on any atom is -0.495 e. The molecule has 0 radical (unpaired) electrons. The van der Waals surface area contributed by atoms with Crippen LogP contribution in [0.1, 0.15) is 39.8 Å². The van der Waals surface area contributed by atoms with Crippen LogP contribution in [0.4, 0.5) is 0 Å². The molecular weight excluding hydrogens is 414 g/mol. The van der Waals surface area contributed by atoms with E-state index in [1.807, 2.05) is 50.2 Å². The van der Waals surface area contributed by atoms with Gasteiger partial charge < -0.3 is 15.8 Å². The number of pyridine rings is 2. The van der Waals surface area contributed by atoms with Gasteiger partial charge in [-0.05, 0) is 54.3 Å². The van der Waals surface area contributed by atoms with E-state index in [0.29, 0.717) is 16.7 Å². The summed E-state index contributed by atoms with van der Waals surface area (Å²) in [5, 5.41) is 2.99. The first kappa shape index (κ1) is 23.7. The molecule has 0 atom stereocenters. The Kier molecular flexibility index (Phi) is 7.91. The Morgan fingerprint density at radius 1 is 1.15 bits per heavy atom. The smallest absolute Gasteiger partial charge is 0.252 e. The number of rotatable bonds is 8. The van der Waals surface area contributed by atoms with E-state index in [1.165, 1.54) is 6.20 Å². The van der Waals surface area contributed by atoms with Crippen LogP contribution in [0.3, 0.4) is 0 Å². The molecule has 170 valence electrons. The van der Waals surface area contributed by atoms with E-state index in [2.05, 4.69) is 20.3 Å². The molecule has 7 heteroatoms. The highest BCUT2D eigenvalue weighted by Crippen LogP contribution is 2.26. The molecule has 0 spiro atoms. The zero-order valence-corrected chi connectivity index (χ0v) is 19.4. The summed E-state index contributed by atoms with van der Waals surface area (Å²) >= 11 is 0. The molecule has 0 aliphatic heterocycles. The van der Waals surface area contributed by atoms with Crippen LogP contribution in [0.2, 0.25) is 0 Å². The Morgan fingerprint density at radius 2 is 1.97 bits per heavy atom. The maximum Gasteiger partial charge on any atom is 0.252 e. The molecule has 3 N–H and O–H groups in total. The molecule has 2 heterocycles. The number of aryl methyl sites for hydroxylation is 2. The normalized spacial score (nSPS) is 11.6. The van der Waals surface area contributed by atoms with Gasteiger partial charge in [0.25, 0.3) is 5.91 Å². The highest BCUT2D eigenvalue weighted by molar-refractivity contribution is 6.14. The Morgan fingerprint density at radius 3 is 2.64 bits per heavy atom. The van der Waals surface area contributed by atoms with Gasteiger partial charge >= 0.3 is 0 Å². The molecule has 33 heavy (non-hydrogen) atoms. The molecule has 3 rings (SSSR count). The zero-order chi connectivity index (χ0) is 23.8. The lowest BCUT2D eigenvalue weighted by Crippen LogP contribution is -2.25. The molecule has 1 amide bonds. The fraction of sp³-hybridized carbons (Fsp3) is 0.231. The molecule has 0 unspecified atom stereocenters. The second kappa shape index (κ2) is 11.0. The summed E-state index contributed by atoms with van der Waals surface area (Å²) < 4.78 is 5.34. The first-order valence-corrected chi connectivity index (χ1v) is 10.7. The largest absolute Gasteiger partial charge is 0.495 e. The zero-order valence-electron chi connectivity index (χ0n) is 19.4. The van der Waals surface area contributed by atoms with Gasteiger partial charge in [-0.25, -0.2) is 0 Å². The number of nitrogens with zero attached hydrogens (tertiary/aromatic N) is 3. The highest BCUT2D eigenvalue weighted by Gasteiger charge is 2.16. The van der Waals surface area contributed by atoms with Crippen LogP contribution in [-0.2, 0) is 13.0 Å². The van der Waals surface area contributed by atoms with Gasteiger partial charge in [0.1, 0.15) is 5.75 Å². The van der Waals surface area contributed by atoms with Gasteiger partial charge in [0.05, 0.1) is 25.0 Å². The first-order valence-electron chi connectivity index (χ1n) is 10.7. The Labute approximate surface area is 194 Å². The number of hydrogen-bond donors (Lipinski definition) is 2. The predicted octanol–water partition coefficient (Wildman–Crippen LogP) is 3.95. The van der Waals surface area contributed by atoms with Crippen molar-refractivity contribution in [2.45, 2.75) is 26.8 Å². The van der Waals surface area contributed by atoms with Gasteiger partial charge in [0, 0.05) is 48.6 Å². The number of amides is 1. The lowest BCUT2D eigenvalue weighted by atomic mass is 9.95. The number of nitrogens with one attached hydrogen (secondary N) is 1. The summed E-state index contributed by atoms with van der Waals surface area (Å²) in [7, 11) is 3.29. The Bertz CT molecular complexity index is 1200. The molecule has 0 aliphatic carbocycles. The van der Waals surface area contributed by atoms with Gasteiger partial charge in [-0.15, -0.1) is 0 Å². The third kappa shape index (κ3) is 5.63. The van der Waals surface area contributed by atoms with Crippen molar-refractivity contribution in [1.82, 2.24) is 15.3 Å². The lowest BCUT2D eigenvalue weighted by molar-refractivity contribution is 0.0950. The van der Waals surface area contributed by atoms with Crippen LogP contribution in [0.5, 0.6) is 5.75 Å². The van der Waals surface area contributed by atoms with Gasteiger partial charge in [-0.2, -0.15) is 0 Å². The molecule has 0 bridgehead atoms. The van der Waals surface area contributed by atoms with Crippen molar-refractivity contribution in [1.29, 1.82) is 0 Å². The van der Waals surface area contributed by atoms with Crippen LogP contribution in [0.25, 0.3) is 16.7 Å². The minimum absolute atomic E-state index is 0.230.